The molecule has 0 aromatic heterocycles. The summed E-state index contributed by atoms with van der Waals surface area (Å²) >= 11 is 0. The first-order valence-electron chi connectivity index (χ1n) is 13.3. The molecule has 2 atom stereocenters. The number of nitrogens with one attached hydrogen (secondary N) is 1. The maximum absolute atomic E-state index is 13.6. The Morgan fingerprint density at radius 1 is 1.07 bits per heavy atom. The lowest BCUT2D eigenvalue weighted by molar-refractivity contribution is 0.0980. The number of hydrogen-bond donors (Lipinski definition) is 3. The molecular weight excluding hydrogens is 562 g/mol. The zero-order valence-electron chi connectivity index (χ0n) is 23.3. The Morgan fingerprint density at radius 2 is 1.79 bits per heavy atom. The van der Waals surface area contributed by atoms with Gasteiger partial charge in [-0.05, 0) is 48.2 Å². The summed E-state index contributed by atoms with van der Waals surface area (Å²) in [6.45, 7) is 3.68. The van der Waals surface area contributed by atoms with E-state index in [2.05, 4.69) is 11.4 Å². The first-order valence-corrected chi connectivity index (χ1v) is 14.8. The highest BCUT2D eigenvalue weighted by Gasteiger charge is 2.32. The molecule has 0 saturated carbocycles. The number of fused-ring (bicyclic) bond motifs is 1. The third kappa shape index (κ3) is 7.70. The second-order valence-corrected chi connectivity index (χ2v) is 12.2. The van der Waals surface area contributed by atoms with Crippen LogP contribution in [0.2, 0.25) is 0 Å². The van der Waals surface area contributed by atoms with Crippen molar-refractivity contribution in [3.8, 4) is 23.3 Å². The number of aliphatic hydroxyl groups is 1. The van der Waals surface area contributed by atoms with Crippen LogP contribution < -0.4 is 19.5 Å². The quantitative estimate of drug-likeness (QED) is 0.268. The molecule has 1 amide bonds. The summed E-state index contributed by atoms with van der Waals surface area (Å²) < 4.78 is 44.8. The molecule has 0 bridgehead atoms. The number of carboxylic acid groups (broad SMARTS) is 1. The van der Waals surface area contributed by atoms with Crippen molar-refractivity contribution in [2.24, 2.45) is 5.92 Å². The second-order valence-electron chi connectivity index (χ2n) is 10.3. The third-order valence-electron chi connectivity index (χ3n) is 6.63. The standard InChI is InChI=1S/C30H33N3O8S/c1-20(2)16-33(42(37,38)25-11-12-28-29(14-25)41-19-40-28)17-27(34)26(32-30(35)36)13-21-7-9-24(10-8-21)39-18-23-6-4-3-5-22(23)15-31/h3-12,14,20,26-27,32,34H,13,16-19H2,1-2H3,(H,35,36)/t26-,27+/m0/s1. The van der Waals surface area contributed by atoms with Gasteiger partial charge in [0, 0.05) is 24.7 Å². The number of rotatable bonds is 13. The van der Waals surface area contributed by atoms with Crippen LogP contribution in [0.4, 0.5) is 4.79 Å². The van der Waals surface area contributed by atoms with Gasteiger partial charge in [0.2, 0.25) is 16.8 Å². The Kier molecular flexibility index (Phi) is 9.90. The van der Waals surface area contributed by atoms with E-state index < -0.39 is 28.3 Å². The molecule has 3 aromatic carbocycles. The van der Waals surface area contributed by atoms with Gasteiger partial charge < -0.3 is 29.7 Å². The molecule has 3 N–H and O–H groups in total. The molecule has 12 heteroatoms. The van der Waals surface area contributed by atoms with Gasteiger partial charge in [0.15, 0.2) is 11.5 Å². The molecule has 4 rings (SSSR count). The van der Waals surface area contributed by atoms with Crippen LogP contribution in [0.5, 0.6) is 17.2 Å². The van der Waals surface area contributed by atoms with Crippen molar-refractivity contribution in [2.45, 2.75) is 43.9 Å². The van der Waals surface area contributed by atoms with Gasteiger partial charge in [0.05, 0.1) is 28.7 Å². The molecule has 1 heterocycles. The van der Waals surface area contributed by atoms with Gasteiger partial charge in [-0.1, -0.05) is 44.2 Å². The van der Waals surface area contributed by atoms with Crippen molar-refractivity contribution >= 4 is 16.1 Å². The zero-order valence-corrected chi connectivity index (χ0v) is 24.1. The minimum atomic E-state index is -4.06. The Hall–Kier alpha value is -4.31. The van der Waals surface area contributed by atoms with Crippen LogP contribution in [-0.4, -0.2) is 61.1 Å². The van der Waals surface area contributed by atoms with E-state index in [1.165, 1.54) is 18.2 Å². The molecule has 0 unspecified atom stereocenters. The van der Waals surface area contributed by atoms with Gasteiger partial charge in [-0.15, -0.1) is 0 Å². The van der Waals surface area contributed by atoms with E-state index >= 15 is 0 Å². The molecule has 11 nitrogen and oxygen atoms in total. The van der Waals surface area contributed by atoms with Crippen LogP contribution in [0.15, 0.2) is 71.6 Å². The van der Waals surface area contributed by atoms with Crippen molar-refractivity contribution in [3.63, 3.8) is 0 Å². The first kappa shape index (κ1) is 30.6. The summed E-state index contributed by atoms with van der Waals surface area (Å²) in [4.78, 5) is 11.6. The molecule has 222 valence electrons. The fourth-order valence-corrected chi connectivity index (χ4v) is 6.17. The van der Waals surface area contributed by atoms with Gasteiger partial charge >= 0.3 is 6.09 Å². The summed E-state index contributed by atoms with van der Waals surface area (Å²) in [6, 6.07) is 19.5. The van der Waals surface area contributed by atoms with E-state index in [4.69, 9.17) is 14.2 Å². The minimum absolute atomic E-state index is 0.00193. The van der Waals surface area contributed by atoms with Gasteiger partial charge in [-0.3, -0.25) is 0 Å². The van der Waals surface area contributed by atoms with Crippen LogP contribution in [0.1, 0.15) is 30.5 Å². The smallest absolute Gasteiger partial charge is 0.404 e. The van der Waals surface area contributed by atoms with Crippen molar-refractivity contribution in [2.75, 3.05) is 19.9 Å². The molecule has 1 aliphatic heterocycles. The van der Waals surface area contributed by atoms with E-state index in [0.717, 1.165) is 9.87 Å². The lowest BCUT2D eigenvalue weighted by atomic mass is 10.0. The predicted molar refractivity (Wildman–Crippen MR) is 153 cm³/mol. The normalized spacial score (nSPS) is 13.9. The van der Waals surface area contributed by atoms with Crippen molar-refractivity contribution < 1.29 is 37.6 Å². The Labute approximate surface area is 244 Å². The SMILES string of the molecule is CC(C)CN(C[C@@H](O)[C@H](Cc1ccc(OCc2ccccc2C#N)cc1)NC(=O)O)S(=O)(=O)c1ccc2c(c1)OCO2. The number of nitrogens with zero attached hydrogens (tertiary/aromatic N) is 2. The fourth-order valence-electron chi connectivity index (χ4n) is 4.53. The average Bonchev–Trinajstić information content (AvgIpc) is 3.44. The van der Waals surface area contributed by atoms with Crippen LogP contribution in [-0.2, 0) is 23.1 Å². The van der Waals surface area contributed by atoms with Crippen molar-refractivity contribution in [1.82, 2.24) is 9.62 Å². The number of carbonyl (C=O) groups is 1. The molecule has 1 aliphatic rings. The first-order chi connectivity index (χ1) is 20.1. The summed E-state index contributed by atoms with van der Waals surface area (Å²) in [5.74, 6) is 1.24. The molecule has 0 saturated heterocycles. The van der Waals surface area contributed by atoms with Crippen LogP contribution in [0.3, 0.4) is 0 Å². The van der Waals surface area contributed by atoms with Gasteiger partial charge in [-0.25, -0.2) is 13.2 Å². The molecule has 42 heavy (non-hydrogen) atoms. The Bertz CT molecular complexity index is 1540. The van der Waals surface area contributed by atoms with E-state index in [-0.39, 0.29) is 43.7 Å². The zero-order chi connectivity index (χ0) is 30.3. The van der Waals surface area contributed by atoms with Gasteiger partial charge in [0.25, 0.3) is 0 Å². The maximum atomic E-state index is 13.6. The number of sulfonamides is 1. The number of nitriles is 1. The predicted octanol–water partition coefficient (Wildman–Crippen LogP) is 3.75. The summed E-state index contributed by atoms with van der Waals surface area (Å²) in [7, 11) is -4.06. The monoisotopic (exact) mass is 595 g/mol. The highest BCUT2D eigenvalue weighted by molar-refractivity contribution is 7.89. The van der Waals surface area contributed by atoms with E-state index in [1.54, 1.807) is 36.4 Å². The largest absolute Gasteiger partial charge is 0.489 e. The maximum Gasteiger partial charge on any atom is 0.404 e. The molecule has 0 aliphatic carbocycles. The molecule has 0 spiro atoms. The molecular formula is C30H33N3O8S. The highest BCUT2D eigenvalue weighted by atomic mass is 32.2. The van der Waals surface area contributed by atoms with E-state index in [9.17, 15) is 28.7 Å². The number of benzene rings is 3. The minimum Gasteiger partial charge on any atom is -0.489 e. The Morgan fingerprint density at radius 3 is 2.48 bits per heavy atom. The lowest BCUT2D eigenvalue weighted by Gasteiger charge is -2.30. The van der Waals surface area contributed by atoms with Crippen LogP contribution in [0.25, 0.3) is 0 Å². The average molecular weight is 596 g/mol. The second kappa shape index (κ2) is 13.6. The fraction of sp³-hybridized carbons (Fsp3) is 0.333. The van der Waals surface area contributed by atoms with E-state index in [1.807, 2.05) is 26.0 Å². The van der Waals surface area contributed by atoms with Crippen molar-refractivity contribution in [3.05, 3.63) is 83.4 Å². The number of ether oxygens (including phenoxy) is 3. The summed E-state index contributed by atoms with van der Waals surface area (Å²) in [5, 5.41) is 32.2. The van der Waals surface area contributed by atoms with E-state index in [0.29, 0.717) is 28.4 Å². The number of aliphatic hydroxyl groups excluding tert-OH is 1. The molecule has 0 fully saturated rings. The van der Waals surface area contributed by atoms with Gasteiger partial charge in [0.1, 0.15) is 12.4 Å². The summed E-state index contributed by atoms with van der Waals surface area (Å²) in [5.41, 5.74) is 1.98. The lowest BCUT2D eigenvalue weighted by Crippen LogP contribution is -2.50. The topological polar surface area (TPSA) is 158 Å². The highest BCUT2D eigenvalue weighted by Crippen LogP contribution is 2.35. The van der Waals surface area contributed by atoms with Crippen LogP contribution in [0, 0.1) is 17.2 Å². The van der Waals surface area contributed by atoms with Crippen molar-refractivity contribution in [1.29, 1.82) is 5.26 Å². The van der Waals surface area contributed by atoms with Gasteiger partial charge in [-0.2, -0.15) is 9.57 Å². The third-order valence-corrected chi connectivity index (χ3v) is 8.45. The molecule has 0 radical (unpaired) electrons. The summed E-state index contributed by atoms with van der Waals surface area (Å²) in [6.07, 6.45) is -2.60. The van der Waals surface area contributed by atoms with Crippen LogP contribution >= 0.6 is 0 Å². The molecule has 3 aromatic rings. The number of amides is 1. The number of hydrogen-bond acceptors (Lipinski definition) is 8. The Balaban J connectivity index is 1.47.